The maximum absolute atomic E-state index is 11.9. The molecule has 0 amide bonds. The van der Waals surface area contributed by atoms with Gasteiger partial charge in [-0.2, -0.15) is 12.7 Å². The number of hydrogen-bond donors (Lipinski definition) is 2. The van der Waals surface area contributed by atoms with E-state index in [1.807, 2.05) is 0 Å². The highest BCUT2D eigenvalue weighted by atomic mass is 35.5. The van der Waals surface area contributed by atoms with E-state index >= 15 is 0 Å². The van der Waals surface area contributed by atoms with E-state index in [-0.39, 0.29) is 17.4 Å². The van der Waals surface area contributed by atoms with Crippen molar-refractivity contribution < 1.29 is 13.2 Å². The third kappa shape index (κ3) is 3.98. The summed E-state index contributed by atoms with van der Waals surface area (Å²) in [5.41, 5.74) is 5.97. The molecule has 1 heterocycles. The van der Waals surface area contributed by atoms with E-state index in [2.05, 4.69) is 9.71 Å². The Morgan fingerprint density at radius 3 is 2.89 bits per heavy atom. The Balaban J connectivity index is 2.85. The topological polar surface area (TPSA) is 97.5 Å². The molecule has 0 unspecified atom stereocenters. The first-order valence-electron chi connectivity index (χ1n) is 5.01. The van der Waals surface area contributed by atoms with Gasteiger partial charge >= 0.3 is 10.2 Å². The van der Waals surface area contributed by atoms with E-state index in [0.29, 0.717) is 12.3 Å². The normalized spacial score (nSPS) is 11.8. The van der Waals surface area contributed by atoms with Crippen molar-refractivity contribution in [2.24, 2.45) is 0 Å². The second-order valence-electron chi connectivity index (χ2n) is 3.53. The lowest BCUT2D eigenvalue weighted by Crippen LogP contribution is -2.35. The molecular weight excluding hydrogens is 280 g/mol. The number of hydrogen-bond acceptors (Lipinski definition) is 5. The monoisotopic (exact) mass is 294 g/mol. The molecule has 18 heavy (non-hydrogen) atoms. The molecule has 102 valence electrons. The zero-order chi connectivity index (χ0) is 13.8. The van der Waals surface area contributed by atoms with Crippen LogP contribution in [0.3, 0.4) is 0 Å². The molecule has 1 aromatic rings. The molecule has 0 aromatic carbocycles. The van der Waals surface area contributed by atoms with E-state index in [1.165, 1.54) is 26.4 Å². The molecule has 0 aliphatic carbocycles. The average molecular weight is 295 g/mol. The molecule has 0 aliphatic rings. The summed E-state index contributed by atoms with van der Waals surface area (Å²) < 4.78 is 32.0. The van der Waals surface area contributed by atoms with Gasteiger partial charge in [0.05, 0.1) is 24.2 Å². The fourth-order valence-electron chi connectivity index (χ4n) is 1.09. The van der Waals surface area contributed by atoms with Crippen LogP contribution in [0.25, 0.3) is 0 Å². The molecule has 9 heteroatoms. The van der Waals surface area contributed by atoms with Gasteiger partial charge in [-0.05, 0) is 6.07 Å². The molecule has 0 aliphatic heterocycles. The lowest BCUT2D eigenvalue weighted by molar-refractivity contribution is 0.185. The molecule has 0 fully saturated rings. The van der Waals surface area contributed by atoms with E-state index in [0.717, 1.165) is 4.31 Å². The Morgan fingerprint density at radius 2 is 2.28 bits per heavy atom. The number of pyridine rings is 1. The number of nitrogens with one attached hydrogen (secondary N) is 1. The van der Waals surface area contributed by atoms with Crippen LogP contribution >= 0.6 is 11.6 Å². The average Bonchev–Trinajstić information content (AvgIpc) is 2.30. The number of ether oxygens (including phenoxy) is 1. The van der Waals surface area contributed by atoms with Crippen LogP contribution in [0.15, 0.2) is 12.3 Å². The summed E-state index contributed by atoms with van der Waals surface area (Å²) in [6.07, 6.45) is 1.34. The Kier molecular flexibility index (Phi) is 5.15. The number of rotatable bonds is 6. The number of nitrogens with zero attached hydrogens (tertiary/aromatic N) is 2. The summed E-state index contributed by atoms with van der Waals surface area (Å²) in [4.78, 5) is 3.75. The standard InChI is InChI=1S/C9H15ClN4O3S/c1-14(3-4-17-2)18(15,16)13-8-5-7(11)6-12-9(8)10/h5-6,13H,3-4,11H2,1-2H3. The van der Waals surface area contributed by atoms with Crippen molar-refractivity contribution in [3.05, 3.63) is 17.4 Å². The second kappa shape index (κ2) is 6.19. The van der Waals surface area contributed by atoms with Gasteiger partial charge in [-0.3, -0.25) is 4.72 Å². The lowest BCUT2D eigenvalue weighted by Gasteiger charge is -2.18. The van der Waals surface area contributed by atoms with Gasteiger partial charge in [0.25, 0.3) is 0 Å². The summed E-state index contributed by atoms with van der Waals surface area (Å²) in [6.45, 7) is 0.513. The Morgan fingerprint density at radius 1 is 1.61 bits per heavy atom. The summed E-state index contributed by atoms with van der Waals surface area (Å²) in [6, 6.07) is 1.40. The summed E-state index contributed by atoms with van der Waals surface area (Å²) in [5, 5.41) is 0.0351. The first-order chi connectivity index (χ1) is 8.36. The zero-order valence-corrected chi connectivity index (χ0v) is 11.6. The van der Waals surface area contributed by atoms with E-state index in [9.17, 15) is 8.42 Å². The molecule has 1 aromatic heterocycles. The van der Waals surface area contributed by atoms with Gasteiger partial charge < -0.3 is 10.5 Å². The number of nitrogens with two attached hydrogens (primary N) is 1. The summed E-state index contributed by atoms with van der Waals surface area (Å²) in [5.74, 6) is 0. The number of methoxy groups -OCH3 is 1. The molecule has 7 nitrogen and oxygen atoms in total. The minimum Gasteiger partial charge on any atom is -0.397 e. The van der Waals surface area contributed by atoms with Crippen molar-refractivity contribution in [2.45, 2.75) is 0 Å². The minimum absolute atomic E-state index is 0.0351. The number of likely N-dealkylation sites (N-methyl/N-ethyl adjacent to an activating group) is 1. The lowest BCUT2D eigenvalue weighted by atomic mass is 10.4. The second-order valence-corrected chi connectivity index (χ2v) is 5.66. The van der Waals surface area contributed by atoms with Crippen LogP contribution in [0.1, 0.15) is 0 Å². The maximum Gasteiger partial charge on any atom is 0.301 e. The van der Waals surface area contributed by atoms with Crippen LogP contribution in [-0.2, 0) is 14.9 Å². The molecular formula is C9H15ClN4O3S. The SMILES string of the molecule is COCCN(C)S(=O)(=O)Nc1cc(N)cnc1Cl. The number of aromatic nitrogens is 1. The molecule has 0 radical (unpaired) electrons. The zero-order valence-electron chi connectivity index (χ0n) is 10.1. The third-order valence-corrected chi connectivity index (χ3v) is 3.90. The van der Waals surface area contributed by atoms with E-state index in [1.54, 1.807) is 0 Å². The fourth-order valence-corrected chi connectivity index (χ4v) is 2.20. The van der Waals surface area contributed by atoms with Gasteiger partial charge in [0.1, 0.15) is 0 Å². The molecule has 0 bridgehead atoms. The highest BCUT2D eigenvalue weighted by molar-refractivity contribution is 7.90. The van der Waals surface area contributed by atoms with Crippen LogP contribution in [0, 0.1) is 0 Å². The molecule has 0 atom stereocenters. The summed E-state index contributed by atoms with van der Waals surface area (Å²) >= 11 is 5.77. The van der Waals surface area contributed by atoms with Gasteiger partial charge in [-0.25, -0.2) is 4.98 Å². The quantitative estimate of drug-likeness (QED) is 0.747. The van der Waals surface area contributed by atoms with Crippen LogP contribution in [-0.4, -0.2) is 45.0 Å². The van der Waals surface area contributed by atoms with Gasteiger partial charge in [0, 0.05) is 20.7 Å². The van der Waals surface area contributed by atoms with Gasteiger partial charge in [-0.1, -0.05) is 11.6 Å². The van der Waals surface area contributed by atoms with Gasteiger partial charge in [-0.15, -0.1) is 0 Å². The predicted molar refractivity (Wildman–Crippen MR) is 70.7 cm³/mol. The Hall–Kier alpha value is -1.09. The largest absolute Gasteiger partial charge is 0.397 e. The van der Waals surface area contributed by atoms with Crippen LogP contribution in [0.2, 0.25) is 5.15 Å². The van der Waals surface area contributed by atoms with E-state index in [4.69, 9.17) is 22.1 Å². The number of halogens is 1. The van der Waals surface area contributed by atoms with Crippen LogP contribution < -0.4 is 10.5 Å². The Bertz CT molecular complexity index is 509. The van der Waals surface area contributed by atoms with Crippen LogP contribution in [0.4, 0.5) is 11.4 Å². The smallest absolute Gasteiger partial charge is 0.301 e. The minimum atomic E-state index is -3.70. The van der Waals surface area contributed by atoms with Crippen molar-refractivity contribution in [1.29, 1.82) is 0 Å². The molecule has 0 spiro atoms. The maximum atomic E-state index is 11.9. The molecule has 1 rings (SSSR count). The van der Waals surface area contributed by atoms with Crippen molar-refractivity contribution in [1.82, 2.24) is 9.29 Å². The number of nitrogen functional groups attached to an aromatic ring is 1. The fraction of sp³-hybridized carbons (Fsp3) is 0.444. The number of anilines is 2. The predicted octanol–water partition coefficient (Wildman–Crippen LogP) is 0.552. The first kappa shape index (κ1) is 15.0. The van der Waals surface area contributed by atoms with Gasteiger partial charge in [0.2, 0.25) is 0 Å². The van der Waals surface area contributed by atoms with Crippen molar-refractivity contribution in [2.75, 3.05) is 37.8 Å². The molecule has 0 saturated heterocycles. The summed E-state index contributed by atoms with van der Waals surface area (Å²) in [7, 11) is -0.783. The van der Waals surface area contributed by atoms with E-state index < -0.39 is 10.2 Å². The highest BCUT2D eigenvalue weighted by Crippen LogP contribution is 2.22. The molecule has 3 N–H and O–H groups in total. The molecule has 0 saturated carbocycles. The third-order valence-electron chi connectivity index (χ3n) is 2.12. The highest BCUT2D eigenvalue weighted by Gasteiger charge is 2.18. The van der Waals surface area contributed by atoms with Crippen molar-refractivity contribution in [3.63, 3.8) is 0 Å². The van der Waals surface area contributed by atoms with Crippen molar-refractivity contribution in [3.8, 4) is 0 Å². The van der Waals surface area contributed by atoms with Crippen LogP contribution in [0.5, 0.6) is 0 Å². The Labute approximate surface area is 111 Å². The first-order valence-corrected chi connectivity index (χ1v) is 6.82. The van der Waals surface area contributed by atoms with Gasteiger partial charge in [0.15, 0.2) is 5.15 Å². The van der Waals surface area contributed by atoms with Crippen molar-refractivity contribution >= 4 is 33.2 Å².